The molecule has 0 heterocycles. The van der Waals surface area contributed by atoms with Gasteiger partial charge in [-0.25, -0.2) is 5.84 Å². The van der Waals surface area contributed by atoms with E-state index in [2.05, 4.69) is 15.9 Å². The molecule has 156 valence electrons. The minimum atomic E-state index is -0.407. The lowest BCUT2D eigenvalue weighted by molar-refractivity contribution is 0.0580. The maximum Gasteiger partial charge on any atom is 0.269 e. The first-order valence-electron chi connectivity index (χ1n) is 8.06. The lowest BCUT2D eigenvalue weighted by Crippen LogP contribution is -2.50. The molecule has 0 saturated heterocycles. The Bertz CT molecular complexity index is 794. The van der Waals surface area contributed by atoms with E-state index >= 15 is 0 Å². The fraction of sp³-hybridized carbons (Fsp3) is 0.300. The van der Waals surface area contributed by atoms with E-state index in [9.17, 15) is 9.59 Å². The molecule has 0 radical (unpaired) electrons. The van der Waals surface area contributed by atoms with Gasteiger partial charge in [0.1, 0.15) is 0 Å². The van der Waals surface area contributed by atoms with E-state index in [0.29, 0.717) is 11.1 Å². The van der Waals surface area contributed by atoms with Gasteiger partial charge >= 0.3 is 0 Å². The van der Waals surface area contributed by atoms with E-state index in [1.807, 2.05) is 52.8 Å². The number of hydrazine groups is 1. The molecular formula is C20H26BrCl3N2O2. The summed E-state index contributed by atoms with van der Waals surface area (Å²) in [5.74, 6) is 5.69. The van der Waals surface area contributed by atoms with E-state index < -0.39 is 10.8 Å². The summed E-state index contributed by atoms with van der Waals surface area (Å²) in [5, 5.41) is 0.863. The van der Waals surface area contributed by atoms with E-state index in [0.717, 1.165) is 15.6 Å². The maximum atomic E-state index is 12.3. The first-order valence-corrected chi connectivity index (χ1v) is 9.23. The molecule has 0 unspecified atom stereocenters. The summed E-state index contributed by atoms with van der Waals surface area (Å²) in [4.78, 5) is 22.7. The van der Waals surface area contributed by atoms with Crippen LogP contribution in [0.2, 0.25) is 0 Å². The molecule has 2 rings (SSSR count). The van der Waals surface area contributed by atoms with Crippen LogP contribution in [0.1, 0.15) is 52.6 Å². The van der Waals surface area contributed by atoms with Crippen molar-refractivity contribution in [2.24, 2.45) is 5.84 Å². The number of rotatable bonds is 2. The molecule has 0 atom stereocenters. The fourth-order valence-corrected chi connectivity index (χ4v) is 2.63. The lowest BCUT2D eigenvalue weighted by Gasteiger charge is -2.31. The zero-order chi connectivity index (χ0) is 20.1. The molecule has 0 fully saturated rings. The van der Waals surface area contributed by atoms with E-state index in [4.69, 9.17) is 17.4 Å². The molecule has 28 heavy (non-hydrogen) atoms. The lowest BCUT2D eigenvalue weighted by atomic mass is 10.0. The van der Waals surface area contributed by atoms with Crippen LogP contribution in [0.3, 0.4) is 0 Å². The first kappa shape index (κ1) is 29.1. The van der Waals surface area contributed by atoms with Gasteiger partial charge in [-0.3, -0.25) is 14.6 Å². The summed E-state index contributed by atoms with van der Waals surface area (Å²) in [6.45, 7) is 9.64. The van der Waals surface area contributed by atoms with Crippen molar-refractivity contribution in [3.63, 3.8) is 0 Å². The van der Waals surface area contributed by atoms with Gasteiger partial charge in [0.2, 0.25) is 0 Å². The molecular weight excluding hydrogens is 486 g/mol. The van der Waals surface area contributed by atoms with Crippen LogP contribution in [0.5, 0.6) is 0 Å². The van der Waals surface area contributed by atoms with Gasteiger partial charge in [-0.05, 0) is 79.3 Å². The quantitative estimate of drug-likeness (QED) is 0.229. The smallest absolute Gasteiger partial charge is 0.269 e. The van der Waals surface area contributed by atoms with Gasteiger partial charge in [0.25, 0.3) is 11.1 Å². The van der Waals surface area contributed by atoms with Crippen LogP contribution in [0.15, 0.2) is 46.9 Å². The summed E-state index contributed by atoms with van der Waals surface area (Å²) < 4.78 is 0.813. The third-order valence-corrected chi connectivity index (χ3v) is 4.84. The summed E-state index contributed by atoms with van der Waals surface area (Å²) in [7, 11) is 0. The molecule has 0 spiro atoms. The predicted molar refractivity (Wildman–Crippen MR) is 125 cm³/mol. The number of nitrogens with zero attached hydrogens (tertiary/aromatic N) is 1. The van der Waals surface area contributed by atoms with Gasteiger partial charge in [-0.2, -0.15) is 0 Å². The zero-order valence-corrected chi connectivity index (χ0v) is 20.4. The number of carbonyl (C=O) groups excluding carboxylic acids is 2. The Balaban J connectivity index is 0. The molecule has 0 saturated carbocycles. The van der Waals surface area contributed by atoms with Crippen molar-refractivity contribution < 1.29 is 9.59 Å². The highest BCUT2D eigenvalue weighted by atomic mass is 79.9. The fourth-order valence-electron chi connectivity index (χ4n) is 2.11. The highest BCUT2D eigenvalue weighted by molar-refractivity contribution is 9.10. The molecule has 4 nitrogen and oxygen atoms in total. The Hall–Kier alpha value is -1.11. The average Bonchev–Trinajstić information content (AvgIpc) is 2.57. The molecule has 2 N–H and O–H groups in total. The second-order valence-electron chi connectivity index (χ2n) is 6.93. The molecule has 8 heteroatoms. The number of aryl methyl sites for hydroxylation is 2. The molecule has 2 aromatic carbocycles. The van der Waals surface area contributed by atoms with E-state index in [1.165, 1.54) is 5.01 Å². The van der Waals surface area contributed by atoms with Crippen molar-refractivity contribution in [3.05, 3.63) is 69.2 Å². The van der Waals surface area contributed by atoms with Crippen molar-refractivity contribution in [1.82, 2.24) is 5.01 Å². The SMILES string of the molecule is Cc1cc(C)c(Br)c(C(=O)N(N)C(C)(C)C)c1.Cl.Cl.O=C(Cl)c1ccccc1. The normalized spacial score (nSPS) is 9.86. The van der Waals surface area contributed by atoms with Crippen molar-refractivity contribution in [3.8, 4) is 0 Å². The standard InChI is InChI=1S/C13H19BrN2O.C7H5ClO.2ClH/c1-8-6-9(2)11(14)10(7-8)12(17)16(15)13(3,4)5;8-7(9)6-4-2-1-3-5-6;;/h6-7H,15H2,1-5H3;1-5H;2*1H. The van der Waals surface area contributed by atoms with Crippen molar-refractivity contribution in [2.75, 3.05) is 0 Å². The molecule has 0 aliphatic rings. The van der Waals surface area contributed by atoms with E-state index in [-0.39, 0.29) is 30.7 Å². The number of benzene rings is 2. The Labute approximate surface area is 192 Å². The van der Waals surface area contributed by atoms with Crippen LogP contribution in [0.25, 0.3) is 0 Å². The zero-order valence-electron chi connectivity index (χ0n) is 16.5. The molecule has 0 aliphatic carbocycles. The second-order valence-corrected chi connectivity index (χ2v) is 8.07. The Kier molecular flexibility index (Phi) is 12.9. The number of amides is 1. The summed E-state index contributed by atoms with van der Waals surface area (Å²) >= 11 is 8.61. The highest BCUT2D eigenvalue weighted by Gasteiger charge is 2.26. The minimum Gasteiger partial charge on any atom is -0.276 e. The molecule has 1 amide bonds. The van der Waals surface area contributed by atoms with Crippen LogP contribution in [0.4, 0.5) is 0 Å². The minimum absolute atomic E-state index is 0. The van der Waals surface area contributed by atoms with Gasteiger partial charge in [0, 0.05) is 10.0 Å². The average molecular weight is 513 g/mol. The topological polar surface area (TPSA) is 63.4 Å². The third kappa shape index (κ3) is 8.50. The van der Waals surface area contributed by atoms with Gasteiger partial charge in [-0.15, -0.1) is 24.8 Å². The van der Waals surface area contributed by atoms with Crippen molar-refractivity contribution >= 4 is 63.5 Å². The van der Waals surface area contributed by atoms with Crippen LogP contribution in [-0.2, 0) is 0 Å². The van der Waals surface area contributed by atoms with Crippen LogP contribution < -0.4 is 5.84 Å². The summed E-state index contributed by atoms with van der Waals surface area (Å²) in [5.41, 5.74) is 2.85. The van der Waals surface area contributed by atoms with Gasteiger partial charge in [0.15, 0.2) is 0 Å². The Morgan fingerprint density at radius 1 is 1.04 bits per heavy atom. The second kappa shape index (κ2) is 12.5. The van der Waals surface area contributed by atoms with Crippen LogP contribution in [-0.4, -0.2) is 21.7 Å². The van der Waals surface area contributed by atoms with Crippen molar-refractivity contribution in [2.45, 2.75) is 40.2 Å². The van der Waals surface area contributed by atoms with Crippen molar-refractivity contribution in [1.29, 1.82) is 0 Å². The molecule has 2 aromatic rings. The molecule has 0 aromatic heterocycles. The number of halogens is 4. The van der Waals surface area contributed by atoms with E-state index in [1.54, 1.807) is 24.3 Å². The summed E-state index contributed by atoms with van der Waals surface area (Å²) in [6.07, 6.45) is 0. The number of nitrogens with two attached hydrogens (primary N) is 1. The first-order chi connectivity index (χ1) is 11.9. The van der Waals surface area contributed by atoms with Gasteiger partial charge in [-0.1, -0.05) is 36.4 Å². The third-order valence-electron chi connectivity index (χ3n) is 3.57. The number of hydrogen-bond donors (Lipinski definition) is 1. The Morgan fingerprint density at radius 2 is 1.54 bits per heavy atom. The Morgan fingerprint density at radius 3 is 1.93 bits per heavy atom. The molecule has 0 bridgehead atoms. The number of carbonyl (C=O) groups is 2. The highest BCUT2D eigenvalue weighted by Crippen LogP contribution is 2.25. The largest absolute Gasteiger partial charge is 0.276 e. The molecule has 0 aliphatic heterocycles. The monoisotopic (exact) mass is 510 g/mol. The van der Waals surface area contributed by atoms with Gasteiger partial charge in [0.05, 0.1) is 11.1 Å². The summed E-state index contributed by atoms with van der Waals surface area (Å²) in [6, 6.07) is 12.6. The van der Waals surface area contributed by atoms with Crippen LogP contribution >= 0.6 is 52.3 Å². The van der Waals surface area contributed by atoms with Gasteiger partial charge < -0.3 is 0 Å². The maximum absolute atomic E-state index is 12.3. The number of hydrogen-bond acceptors (Lipinski definition) is 3. The van der Waals surface area contributed by atoms with Crippen LogP contribution in [0, 0.1) is 13.8 Å². The predicted octanol–water partition coefficient (Wildman–Crippen LogP) is 6.09.